The highest BCUT2D eigenvalue weighted by Gasteiger charge is 2.62. The average molecular weight is 683 g/mol. The molecule has 11 nitrogen and oxygen atoms in total. The largest absolute Gasteiger partial charge is 0.465 e. The fraction of sp³-hybridized carbons (Fsp3) is 0.471. The molecule has 4 amide bonds. The molecule has 2 aromatic carbocycles. The van der Waals surface area contributed by atoms with Crippen molar-refractivity contribution in [3.05, 3.63) is 72.8 Å². The average Bonchev–Trinajstić information content (AvgIpc) is 3.96. The number of amides is 4. The highest BCUT2D eigenvalue weighted by molar-refractivity contribution is 7.99. The first-order chi connectivity index (χ1) is 22.1. The van der Waals surface area contributed by atoms with E-state index in [4.69, 9.17) is 0 Å². The topological polar surface area (TPSA) is 162 Å². The summed E-state index contributed by atoms with van der Waals surface area (Å²) in [5, 5.41) is 14.1. The minimum absolute atomic E-state index is 0.101. The predicted molar refractivity (Wildman–Crippen MR) is 181 cm³/mol. The fourth-order valence-corrected chi connectivity index (χ4v) is 8.70. The third-order valence-corrected chi connectivity index (χ3v) is 12.6. The first kappa shape index (κ1) is 34.5. The van der Waals surface area contributed by atoms with Crippen molar-refractivity contribution in [2.45, 2.75) is 74.1 Å². The fourth-order valence-electron chi connectivity index (χ4n) is 6.37. The van der Waals surface area contributed by atoms with Crippen LogP contribution in [0.15, 0.2) is 67.3 Å². The number of thioether (sulfide) groups is 1. The number of nitrogens with one attached hydrogen (secondary N) is 3. The Bertz CT molecular complexity index is 1670. The normalized spacial score (nSPS) is 26.2. The summed E-state index contributed by atoms with van der Waals surface area (Å²) in [6.45, 7) is 9.07. The van der Waals surface area contributed by atoms with Gasteiger partial charge in [-0.1, -0.05) is 81.4 Å². The van der Waals surface area contributed by atoms with E-state index in [1.165, 1.54) is 22.7 Å². The van der Waals surface area contributed by atoms with Crippen LogP contribution in [0.3, 0.4) is 0 Å². The molecular formula is C34H42N4O7S2. The van der Waals surface area contributed by atoms with Crippen molar-refractivity contribution in [1.82, 2.24) is 20.3 Å². The van der Waals surface area contributed by atoms with Gasteiger partial charge in [0.05, 0.1) is 10.00 Å². The van der Waals surface area contributed by atoms with Crippen LogP contribution in [-0.4, -0.2) is 77.9 Å². The van der Waals surface area contributed by atoms with Crippen molar-refractivity contribution in [3.63, 3.8) is 0 Å². The van der Waals surface area contributed by atoms with Gasteiger partial charge in [0.2, 0.25) is 21.8 Å². The van der Waals surface area contributed by atoms with E-state index in [1.54, 1.807) is 20.8 Å². The molecule has 2 saturated carbocycles. The first-order valence-electron chi connectivity index (χ1n) is 15.6. The maximum atomic E-state index is 14.3. The molecular weight excluding hydrogens is 641 g/mol. The number of carbonyl (C=O) groups is 4. The summed E-state index contributed by atoms with van der Waals surface area (Å²) in [6, 6.07) is 15.6. The van der Waals surface area contributed by atoms with Crippen molar-refractivity contribution in [2.24, 2.45) is 11.3 Å². The molecule has 1 heterocycles. The molecule has 0 aromatic heterocycles. The van der Waals surface area contributed by atoms with Crippen LogP contribution in [0.4, 0.5) is 4.79 Å². The number of benzene rings is 2. The Balaban J connectivity index is 1.49. The summed E-state index contributed by atoms with van der Waals surface area (Å²) in [6.07, 6.45) is 3.31. The van der Waals surface area contributed by atoms with Crippen LogP contribution >= 0.6 is 11.8 Å². The second-order valence-electron chi connectivity index (χ2n) is 13.8. The maximum Gasteiger partial charge on any atom is 0.405 e. The lowest BCUT2D eigenvalue weighted by atomic mass is 9.85. The molecule has 0 spiro atoms. The lowest BCUT2D eigenvalue weighted by Crippen LogP contribution is -2.60. The van der Waals surface area contributed by atoms with Gasteiger partial charge in [-0.3, -0.25) is 19.1 Å². The van der Waals surface area contributed by atoms with Crippen LogP contribution in [-0.2, 0) is 29.2 Å². The van der Waals surface area contributed by atoms with E-state index in [-0.39, 0.29) is 19.4 Å². The Morgan fingerprint density at radius 2 is 1.64 bits per heavy atom. The molecule has 5 rings (SSSR count). The zero-order valence-electron chi connectivity index (χ0n) is 27.0. The zero-order chi connectivity index (χ0) is 34.4. The molecule has 0 bridgehead atoms. The molecule has 5 atom stereocenters. The number of hydrogen-bond donors (Lipinski definition) is 4. The van der Waals surface area contributed by atoms with Gasteiger partial charge in [-0.15, -0.1) is 6.58 Å². The van der Waals surface area contributed by atoms with Gasteiger partial charge in [-0.25, -0.2) is 13.2 Å². The van der Waals surface area contributed by atoms with E-state index < -0.39 is 72.8 Å². The molecule has 3 fully saturated rings. The van der Waals surface area contributed by atoms with E-state index in [0.29, 0.717) is 12.8 Å². The van der Waals surface area contributed by atoms with Gasteiger partial charge in [0.15, 0.2) is 0 Å². The van der Waals surface area contributed by atoms with Crippen molar-refractivity contribution >= 4 is 45.6 Å². The Kier molecular flexibility index (Phi) is 9.28. The highest BCUT2D eigenvalue weighted by atomic mass is 32.2. The second-order valence-corrected chi connectivity index (χ2v) is 16.9. The first-order valence-corrected chi connectivity index (χ1v) is 18.4. The summed E-state index contributed by atoms with van der Waals surface area (Å²) < 4.78 is 26.7. The zero-order valence-corrected chi connectivity index (χ0v) is 28.6. The van der Waals surface area contributed by atoms with Crippen LogP contribution in [0.1, 0.15) is 52.0 Å². The molecule has 252 valence electrons. The molecule has 47 heavy (non-hydrogen) atoms. The molecule has 1 saturated heterocycles. The van der Waals surface area contributed by atoms with Gasteiger partial charge in [-0.05, 0) is 54.0 Å². The minimum atomic E-state index is -3.88. The third kappa shape index (κ3) is 6.92. The summed E-state index contributed by atoms with van der Waals surface area (Å²) in [5.41, 5.74) is 0.567. The number of carboxylic acid groups (broad SMARTS) is 1. The molecule has 13 heteroatoms. The Morgan fingerprint density at radius 3 is 2.15 bits per heavy atom. The highest BCUT2D eigenvalue weighted by Crippen LogP contribution is 2.49. The Labute approximate surface area is 280 Å². The van der Waals surface area contributed by atoms with E-state index in [1.807, 2.05) is 60.9 Å². The Morgan fingerprint density at radius 1 is 1.02 bits per heavy atom. The second kappa shape index (κ2) is 12.6. The standard InChI is InChI=1S/C34H42N4O7S2/c1-6-23-18-34(23,30(41)37-47(44,45)25-16-17-25)36-28(39)26-19-33(46-5,20-38(26)29(40)27(32(2,3)4)35-31(42)43)24-14-12-22(13-15-24)21-10-8-7-9-11-21/h6-15,23,25-27,35H,1,16-20H2,2-5H3,(H,36,39)(H,37,41)(H,42,43)/t23-,26+,27-,33+,34-/m1/s1. The lowest BCUT2D eigenvalue weighted by molar-refractivity contribution is -0.142. The molecule has 2 aliphatic carbocycles. The van der Waals surface area contributed by atoms with Gasteiger partial charge in [0.1, 0.15) is 17.6 Å². The quantitative estimate of drug-likeness (QED) is 0.260. The number of hydrogen-bond acceptors (Lipinski definition) is 7. The van der Waals surface area contributed by atoms with E-state index in [2.05, 4.69) is 21.9 Å². The molecule has 4 N–H and O–H groups in total. The van der Waals surface area contributed by atoms with Crippen LogP contribution in [0.25, 0.3) is 11.1 Å². The molecule has 3 aliphatic rings. The van der Waals surface area contributed by atoms with E-state index >= 15 is 0 Å². The van der Waals surface area contributed by atoms with Crippen LogP contribution in [0, 0.1) is 11.3 Å². The number of likely N-dealkylation sites (tertiary alicyclic amines) is 1. The van der Waals surface area contributed by atoms with Gasteiger partial charge in [0, 0.05) is 12.5 Å². The van der Waals surface area contributed by atoms with Crippen molar-refractivity contribution in [2.75, 3.05) is 12.8 Å². The molecule has 0 unspecified atom stereocenters. The van der Waals surface area contributed by atoms with E-state index in [0.717, 1.165) is 16.7 Å². The minimum Gasteiger partial charge on any atom is -0.465 e. The van der Waals surface area contributed by atoms with Gasteiger partial charge >= 0.3 is 6.09 Å². The Hall–Kier alpha value is -3.84. The van der Waals surface area contributed by atoms with Gasteiger partial charge in [-0.2, -0.15) is 11.8 Å². The smallest absolute Gasteiger partial charge is 0.405 e. The summed E-state index contributed by atoms with van der Waals surface area (Å²) in [7, 11) is -3.88. The van der Waals surface area contributed by atoms with Crippen LogP contribution in [0.5, 0.6) is 0 Å². The summed E-state index contributed by atoms with van der Waals surface area (Å²) >= 11 is 1.49. The maximum absolute atomic E-state index is 14.3. The van der Waals surface area contributed by atoms with Crippen LogP contribution in [0.2, 0.25) is 0 Å². The molecule has 1 aliphatic heterocycles. The number of nitrogens with zero attached hydrogens (tertiary/aromatic N) is 1. The van der Waals surface area contributed by atoms with Gasteiger partial charge in [0.25, 0.3) is 5.91 Å². The monoisotopic (exact) mass is 682 g/mol. The predicted octanol–water partition coefficient (Wildman–Crippen LogP) is 3.86. The summed E-state index contributed by atoms with van der Waals surface area (Å²) in [5.74, 6) is -2.52. The van der Waals surface area contributed by atoms with E-state index in [9.17, 15) is 32.7 Å². The number of sulfonamides is 1. The third-order valence-electron chi connectivity index (χ3n) is 9.45. The molecule has 2 aromatic rings. The van der Waals surface area contributed by atoms with Crippen molar-refractivity contribution < 1.29 is 32.7 Å². The summed E-state index contributed by atoms with van der Waals surface area (Å²) in [4.78, 5) is 55.1. The van der Waals surface area contributed by atoms with Crippen LogP contribution < -0.4 is 15.4 Å². The van der Waals surface area contributed by atoms with Crippen molar-refractivity contribution in [1.29, 1.82) is 0 Å². The number of carbonyl (C=O) groups excluding carboxylic acids is 3. The van der Waals surface area contributed by atoms with Crippen molar-refractivity contribution in [3.8, 4) is 11.1 Å². The lowest BCUT2D eigenvalue weighted by Gasteiger charge is -2.35. The van der Waals surface area contributed by atoms with Gasteiger partial charge < -0.3 is 20.6 Å². The molecule has 0 radical (unpaired) electrons. The number of rotatable bonds is 11. The SMILES string of the molecule is C=C[C@@H]1C[C@]1(NC(=O)[C@@H]1C[C@@](SC)(c2ccc(-c3ccccc3)cc2)CN1C(=O)[C@@H](NC(=O)O)C(C)(C)C)C(=O)NS(=O)(=O)C1CC1.